The molecule has 0 spiro atoms. The summed E-state index contributed by atoms with van der Waals surface area (Å²) in [4.78, 5) is 20.7. The third-order valence-electron chi connectivity index (χ3n) is 3.80. The predicted octanol–water partition coefficient (Wildman–Crippen LogP) is 1.70. The number of carbonyl (C=O) groups excluding carboxylic acids is 1. The van der Waals surface area contributed by atoms with E-state index in [1.165, 1.54) is 0 Å². The number of nitrogens with zero attached hydrogens (tertiary/aromatic N) is 4. The van der Waals surface area contributed by atoms with E-state index in [0.717, 1.165) is 17.4 Å². The molecule has 8 heteroatoms. The van der Waals surface area contributed by atoms with E-state index in [0.29, 0.717) is 36.1 Å². The van der Waals surface area contributed by atoms with Crippen LogP contribution in [0.15, 0.2) is 30.5 Å². The number of amides is 1. The van der Waals surface area contributed by atoms with Crippen LogP contribution >= 0.6 is 0 Å². The third-order valence-corrected chi connectivity index (χ3v) is 3.80. The molecular formula is C17H21N7O. The molecule has 0 unspecified atom stereocenters. The van der Waals surface area contributed by atoms with Crippen LogP contribution in [0.2, 0.25) is 0 Å². The molecule has 8 nitrogen and oxygen atoms in total. The summed E-state index contributed by atoms with van der Waals surface area (Å²) in [7, 11) is 1.80. The highest BCUT2D eigenvalue weighted by Crippen LogP contribution is 2.18. The number of hydrogen-bond donors (Lipinski definition) is 3. The Morgan fingerprint density at radius 1 is 1.32 bits per heavy atom. The van der Waals surface area contributed by atoms with Crippen molar-refractivity contribution in [3.63, 3.8) is 0 Å². The Labute approximate surface area is 145 Å². The minimum Gasteiger partial charge on any atom is -0.383 e. The summed E-state index contributed by atoms with van der Waals surface area (Å²) >= 11 is 0. The molecule has 0 aliphatic heterocycles. The van der Waals surface area contributed by atoms with Gasteiger partial charge in [-0.1, -0.05) is 19.1 Å². The summed E-state index contributed by atoms with van der Waals surface area (Å²) in [6, 6.07) is 7.45. The van der Waals surface area contributed by atoms with Crippen molar-refractivity contribution in [2.24, 2.45) is 7.05 Å². The van der Waals surface area contributed by atoms with Crippen molar-refractivity contribution in [1.82, 2.24) is 25.1 Å². The molecule has 4 N–H and O–H groups in total. The molecular weight excluding hydrogens is 318 g/mol. The van der Waals surface area contributed by atoms with Gasteiger partial charge >= 0.3 is 0 Å². The number of carbonyl (C=O) groups is 1. The normalized spacial score (nSPS) is 10.8. The van der Waals surface area contributed by atoms with Crippen molar-refractivity contribution in [3.8, 4) is 0 Å². The summed E-state index contributed by atoms with van der Waals surface area (Å²) in [5, 5.41) is 10.9. The minimum atomic E-state index is -0.0690. The first-order valence-electron chi connectivity index (χ1n) is 8.14. The lowest BCUT2D eigenvalue weighted by molar-refractivity contribution is 0.0953. The van der Waals surface area contributed by atoms with Crippen molar-refractivity contribution in [3.05, 3.63) is 41.6 Å². The van der Waals surface area contributed by atoms with Crippen molar-refractivity contribution in [1.29, 1.82) is 0 Å². The molecule has 0 atom stereocenters. The molecule has 0 fully saturated rings. The van der Waals surface area contributed by atoms with E-state index in [4.69, 9.17) is 5.73 Å². The molecule has 130 valence electrons. The number of anilines is 2. The first kappa shape index (κ1) is 16.7. The Kier molecular flexibility index (Phi) is 4.78. The Balaban J connectivity index is 1.73. The number of fused-ring (bicyclic) bond motifs is 1. The Hall–Kier alpha value is -3.16. The van der Waals surface area contributed by atoms with Gasteiger partial charge in [0.1, 0.15) is 5.82 Å². The smallest absolute Gasteiger partial charge is 0.251 e. The summed E-state index contributed by atoms with van der Waals surface area (Å²) < 4.78 is 1.65. The van der Waals surface area contributed by atoms with Crippen LogP contribution in [0, 0.1) is 0 Å². The van der Waals surface area contributed by atoms with Crippen LogP contribution in [0.1, 0.15) is 29.3 Å². The van der Waals surface area contributed by atoms with E-state index in [-0.39, 0.29) is 5.91 Å². The van der Waals surface area contributed by atoms with Gasteiger partial charge < -0.3 is 16.4 Å². The maximum absolute atomic E-state index is 12.0. The van der Waals surface area contributed by atoms with Crippen LogP contribution in [-0.2, 0) is 13.6 Å². The fourth-order valence-electron chi connectivity index (χ4n) is 2.47. The minimum absolute atomic E-state index is 0.0690. The quantitative estimate of drug-likeness (QED) is 0.630. The van der Waals surface area contributed by atoms with E-state index in [9.17, 15) is 4.79 Å². The first-order valence-corrected chi connectivity index (χ1v) is 8.14. The molecule has 0 aliphatic carbocycles. The van der Waals surface area contributed by atoms with Crippen LogP contribution in [0.5, 0.6) is 0 Å². The number of aromatic nitrogens is 4. The van der Waals surface area contributed by atoms with Gasteiger partial charge in [0.05, 0.1) is 11.6 Å². The van der Waals surface area contributed by atoms with Gasteiger partial charge in [0, 0.05) is 25.7 Å². The second-order valence-electron chi connectivity index (χ2n) is 5.75. The standard InChI is InChI=1S/C17H21N7O/c1-3-7-19-16(25)12-6-4-5-11(8-12)9-20-17-22-14(18)13-10-21-24(2)15(13)23-17/h4-6,8,10H,3,7,9H2,1-2H3,(H,19,25)(H3,18,20,22,23). The van der Waals surface area contributed by atoms with Crippen molar-refractivity contribution in [2.45, 2.75) is 19.9 Å². The maximum atomic E-state index is 12.0. The number of aryl methyl sites for hydroxylation is 1. The zero-order valence-electron chi connectivity index (χ0n) is 14.3. The zero-order valence-corrected chi connectivity index (χ0v) is 14.3. The monoisotopic (exact) mass is 339 g/mol. The van der Waals surface area contributed by atoms with Gasteiger partial charge in [0.2, 0.25) is 5.95 Å². The number of nitrogen functional groups attached to an aromatic ring is 1. The Morgan fingerprint density at radius 2 is 2.16 bits per heavy atom. The van der Waals surface area contributed by atoms with Gasteiger partial charge in [-0.2, -0.15) is 15.1 Å². The average molecular weight is 339 g/mol. The number of rotatable bonds is 6. The largest absolute Gasteiger partial charge is 0.383 e. The molecule has 0 bridgehead atoms. The molecule has 0 aliphatic rings. The topological polar surface area (TPSA) is 111 Å². The average Bonchev–Trinajstić information content (AvgIpc) is 3.00. The van der Waals surface area contributed by atoms with Gasteiger partial charge in [-0.25, -0.2) is 0 Å². The molecule has 3 rings (SSSR count). The lowest BCUT2D eigenvalue weighted by Gasteiger charge is -2.08. The maximum Gasteiger partial charge on any atom is 0.251 e. The third kappa shape index (κ3) is 3.68. The summed E-state index contributed by atoms with van der Waals surface area (Å²) in [6.07, 6.45) is 2.55. The second-order valence-corrected chi connectivity index (χ2v) is 5.75. The zero-order chi connectivity index (χ0) is 17.8. The molecule has 1 amide bonds. The highest BCUT2D eigenvalue weighted by molar-refractivity contribution is 5.94. The Bertz CT molecular complexity index is 903. The van der Waals surface area contributed by atoms with Gasteiger partial charge in [0.25, 0.3) is 5.91 Å². The van der Waals surface area contributed by atoms with Gasteiger partial charge in [-0.3, -0.25) is 9.48 Å². The molecule has 1 aromatic carbocycles. The number of benzene rings is 1. The predicted molar refractivity (Wildman–Crippen MR) is 97.1 cm³/mol. The summed E-state index contributed by atoms with van der Waals surface area (Å²) in [5.74, 6) is 0.739. The fraction of sp³-hybridized carbons (Fsp3) is 0.294. The van der Waals surface area contributed by atoms with Crippen molar-refractivity contribution < 1.29 is 4.79 Å². The van der Waals surface area contributed by atoms with Gasteiger partial charge in [-0.15, -0.1) is 0 Å². The summed E-state index contributed by atoms with van der Waals surface area (Å²) in [6.45, 7) is 3.17. The van der Waals surface area contributed by atoms with Crippen LogP contribution in [0.25, 0.3) is 11.0 Å². The molecule has 2 heterocycles. The number of nitrogens with two attached hydrogens (primary N) is 1. The van der Waals surface area contributed by atoms with E-state index >= 15 is 0 Å². The first-order chi connectivity index (χ1) is 12.1. The van der Waals surface area contributed by atoms with Crippen LogP contribution in [-0.4, -0.2) is 32.2 Å². The number of hydrogen-bond acceptors (Lipinski definition) is 6. The van der Waals surface area contributed by atoms with Crippen LogP contribution in [0.4, 0.5) is 11.8 Å². The molecule has 0 saturated heterocycles. The van der Waals surface area contributed by atoms with Gasteiger partial charge in [0.15, 0.2) is 5.65 Å². The van der Waals surface area contributed by atoms with Crippen molar-refractivity contribution >= 4 is 28.7 Å². The molecule has 3 aromatic rings. The SMILES string of the molecule is CCCNC(=O)c1cccc(CNc2nc(N)c3cnn(C)c3n2)c1. The van der Waals surface area contributed by atoms with E-state index in [1.807, 2.05) is 25.1 Å². The van der Waals surface area contributed by atoms with E-state index in [1.54, 1.807) is 24.0 Å². The molecule has 0 saturated carbocycles. The molecule has 0 radical (unpaired) electrons. The lowest BCUT2D eigenvalue weighted by Crippen LogP contribution is -2.24. The Morgan fingerprint density at radius 3 is 2.96 bits per heavy atom. The second kappa shape index (κ2) is 7.16. The molecule has 2 aromatic heterocycles. The lowest BCUT2D eigenvalue weighted by atomic mass is 10.1. The van der Waals surface area contributed by atoms with Crippen LogP contribution < -0.4 is 16.4 Å². The summed E-state index contributed by atoms with van der Waals surface area (Å²) in [5.41, 5.74) is 8.21. The van der Waals surface area contributed by atoms with E-state index < -0.39 is 0 Å². The van der Waals surface area contributed by atoms with E-state index in [2.05, 4.69) is 25.7 Å². The highest BCUT2D eigenvalue weighted by atomic mass is 16.1. The fourth-order valence-corrected chi connectivity index (χ4v) is 2.47. The van der Waals surface area contributed by atoms with Crippen LogP contribution in [0.3, 0.4) is 0 Å². The highest BCUT2D eigenvalue weighted by Gasteiger charge is 2.10. The van der Waals surface area contributed by atoms with Crippen molar-refractivity contribution in [2.75, 3.05) is 17.6 Å². The number of nitrogens with one attached hydrogen (secondary N) is 2. The molecule has 25 heavy (non-hydrogen) atoms. The van der Waals surface area contributed by atoms with Gasteiger partial charge in [-0.05, 0) is 24.1 Å².